The van der Waals surface area contributed by atoms with Crippen LogP contribution in [0.4, 0.5) is 19.0 Å². The molecule has 2 rings (SSSR count). The van der Waals surface area contributed by atoms with Crippen LogP contribution in [0.25, 0.3) is 0 Å². The molecule has 0 radical (unpaired) electrons. The van der Waals surface area contributed by atoms with Crippen molar-refractivity contribution in [2.75, 3.05) is 18.0 Å². The molecule has 0 aliphatic carbocycles. The molecule has 114 valence electrons. The summed E-state index contributed by atoms with van der Waals surface area (Å²) in [5, 5.41) is 9.66. The second-order valence-corrected chi connectivity index (χ2v) is 5.65. The summed E-state index contributed by atoms with van der Waals surface area (Å²) in [5.41, 5.74) is 1.35. The topological polar surface area (TPSA) is 39.9 Å². The van der Waals surface area contributed by atoms with Gasteiger partial charge in [0.1, 0.15) is 11.9 Å². The SMILES string of the molecule is Cc1nc(N2CCCC(C(F)(F)F)C2)c(C#N)c(C)c1Cl. The van der Waals surface area contributed by atoms with E-state index in [9.17, 15) is 18.4 Å². The normalized spacial score (nSPS) is 19.5. The lowest BCUT2D eigenvalue weighted by Gasteiger charge is -2.35. The summed E-state index contributed by atoms with van der Waals surface area (Å²) >= 11 is 6.06. The number of hydrogen-bond acceptors (Lipinski definition) is 3. The first-order chi connectivity index (χ1) is 9.75. The Kier molecular flexibility index (Phi) is 4.33. The monoisotopic (exact) mass is 317 g/mol. The quantitative estimate of drug-likeness (QED) is 0.786. The van der Waals surface area contributed by atoms with Gasteiger partial charge in [-0.3, -0.25) is 0 Å². The van der Waals surface area contributed by atoms with Gasteiger partial charge in [-0.15, -0.1) is 0 Å². The number of rotatable bonds is 1. The molecular weight excluding hydrogens is 303 g/mol. The summed E-state index contributed by atoms with van der Waals surface area (Å²) in [6, 6.07) is 2.01. The summed E-state index contributed by atoms with van der Waals surface area (Å²) < 4.78 is 38.7. The fraction of sp³-hybridized carbons (Fsp3) is 0.571. The number of alkyl halides is 3. The molecule has 1 aliphatic rings. The number of nitriles is 1. The van der Waals surface area contributed by atoms with Crippen LogP contribution in [0, 0.1) is 31.1 Å². The van der Waals surface area contributed by atoms with Crippen molar-refractivity contribution in [1.29, 1.82) is 5.26 Å². The lowest BCUT2D eigenvalue weighted by Crippen LogP contribution is -2.42. The van der Waals surface area contributed by atoms with Gasteiger partial charge in [0.2, 0.25) is 0 Å². The molecule has 0 N–H and O–H groups in total. The Balaban J connectivity index is 2.40. The first-order valence-corrected chi connectivity index (χ1v) is 7.02. The maximum Gasteiger partial charge on any atom is 0.393 e. The van der Waals surface area contributed by atoms with Crippen LogP contribution >= 0.6 is 11.6 Å². The Morgan fingerprint density at radius 3 is 2.62 bits per heavy atom. The Morgan fingerprint density at radius 2 is 2.05 bits per heavy atom. The van der Waals surface area contributed by atoms with Gasteiger partial charge in [0, 0.05) is 13.1 Å². The van der Waals surface area contributed by atoms with Gasteiger partial charge in [-0.05, 0) is 32.3 Å². The third-order valence-electron chi connectivity index (χ3n) is 3.81. The minimum atomic E-state index is -4.22. The van der Waals surface area contributed by atoms with Gasteiger partial charge in [0.15, 0.2) is 0 Å². The molecular formula is C14H15ClF3N3. The molecule has 0 bridgehead atoms. The summed E-state index contributed by atoms with van der Waals surface area (Å²) in [4.78, 5) is 5.80. The van der Waals surface area contributed by atoms with E-state index in [4.69, 9.17) is 11.6 Å². The third kappa shape index (κ3) is 3.08. The molecule has 0 spiro atoms. The molecule has 1 aromatic rings. The number of anilines is 1. The predicted molar refractivity (Wildman–Crippen MR) is 74.4 cm³/mol. The average Bonchev–Trinajstić information content (AvgIpc) is 2.43. The number of hydrogen-bond donors (Lipinski definition) is 0. The summed E-state index contributed by atoms with van der Waals surface area (Å²) in [5.74, 6) is -1.07. The third-order valence-corrected chi connectivity index (χ3v) is 4.37. The lowest BCUT2D eigenvalue weighted by atomic mass is 9.97. The summed E-state index contributed by atoms with van der Waals surface area (Å²) in [6.07, 6.45) is -3.67. The van der Waals surface area contributed by atoms with Crippen molar-refractivity contribution >= 4 is 17.4 Å². The zero-order valence-corrected chi connectivity index (χ0v) is 12.5. The number of nitrogens with zero attached hydrogens (tertiary/aromatic N) is 3. The van der Waals surface area contributed by atoms with Crippen LogP contribution in [0.2, 0.25) is 5.02 Å². The van der Waals surface area contributed by atoms with Gasteiger partial charge in [0.25, 0.3) is 0 Å². The van der Waals surface area contributed by atoms with Crippen LogP contribution in [0.5, 0.6) is 0 Å². The second-order valence-electron chi connectivity index (χ2n) is 5.27. The smallest absolute Gasteiger partial charge is 0.355 e. The molecule has 1 atom stereocenters. The number of piperidine rings is 1. The molecule has 7 heteroatoms. The minimum Gasteiger partial charge on any atom is -0.355 e. The van der Waals surface area contributed by atoms with Crippen LogP contribution in [0.1, 0.15) is 29.7 Å². The molecule has 0 saturated carbocycles. The highest BCUT2D eigenvalue weighted by atomic mass is 35.5. The maximum atomic E-state index is 12.9. The van der Waals surface area contributed by atoms with E-state index in [0.717, 1.165) is 0 Å². The highest BCUT2D eigenvalue weighted by Crippen LogP contribution is 2.36. The number of aryl methyl sites for hydroxylation is 1. The van der Waals surface area contributed by atoms with E-state index in [0.29, 0.717) is 35.1 Å². The molecule has 1 unspecified atom stereocenters. The van der Waals surface area contributed by atoms with Crippen molar-refractivity contribution in [2.24, 2.45) is 5.92 Å². The van der Waals surface area contributed by atoms with E-state index in [-0.39, 0.29) is 18.5 Å². The fourth-order valence-corrected chi connectivity index (χ4v) is 2.75. The summed E-state index contributed by atoms with van der Waals surface area (Å²) in [7, 11) is 0. The molecule has 1 saturated heterocycles. The zero-order valence-electron chi connectivity index (χ0n) is 11.8. The summed E-state index contributed by atoms with van der Waals surface area (Å²) in [6.45, 7) is 3.68. The van der Waals surface area contributed by atoms with Crippen LogP contribution in [-0.4, -0.2) is 24.2 Å². The minimum absolute atomic E-state index is 0.118. The van der Waals surface area contributed by atoms with Crippen LogP contribution in [0.3, 0.4) is 0 Å². The van der Waals surface area contributed by atoms with Crippen molar-refractivity contribution in [3.05, 3.63) is 21.8 Å². The highest BCUT2D eigenvalue weighted by Gasteiger charge is 2.42. The van der Waals surface area contributed by atoms with Crippen LogP contribution in [-0.2, 0) is 0 Å². The lowest BCUT2D eigenvalue weighted by molar-refractivity contribution is -0.176. The Bertz CT molecular complexity index is 593. The Hall–Kier alpha value is -1.48. The predicted octanol–water partition coefficient (Wildman–Crippen LogP) is 4.00. The number of halogens is 4. The van der Waals surface area contributed by atoms with Crippen LogP contribution < -0.4 is 4.90 Å². The average molecular weight is 318 g/mol. The Labute approximate surface area is 126 Å². The highest BCUT2D eigenvalue weighted by molar-refractivity contribution is 6.32. The van der Waals surface area contributed by atoms with Gasteiger partial charge in [-0.2, -0.15) is 18.4 Å². The van der Waals surface area contributed by atoms with Gasteiger partial charge < -0.3 is 4.90 Å². The molecule has 2 heterocycles. The van der Waals surface area contributed by atoms with Gasteiger partial charge >= 0.3 is 6.18 Å². The molecule has 3 nitrogen and oxygen atoms in total. The first-order valence-electron chi connectivity index (χ1n) is 6.64. The van der Waals surface area contributed by atoms with Crippen molar-refractivity contribution in [3.63, 3.8) is 0 Å². The molecule has 1 aromatic heterocycles. The first kappa shape index (κ1) is 15.9. The van der Waals surface area contributed by atoms with Crippen molar-refractivity contribution in [2.45, 2.75) is 32.9 Å². The molecule has 1 aliphatic heterocycles. The van der Waals surface area contributed by atoms with E-state index in [1.165, 1.54) is 0 Å². The van der Waals surface area contributed by atoms with Crippen molar-refractivity contribution < 1.29 is 13.2 Å². The second kappa shape index (κ2) is 5.72. The van der Waals surface area contributed by atoms with E-state index in [1.54, 1.807) is 18.7 Å². The van der Waals surface area contributed by atoms with Gasteiger partial charge in [0.05, 0.1) is 22.2 Å². The van der Waals surface area contributed by atoms with Crippen molar-refractivity contribution in [1.82, 2.24) is 4.98 Å². The van der Waals surface area contributed by atoms with Gasteiger partial charge in [-0.1, -0.05) is 11.6 Å². The number of aromatic nitrogens is 1. The van der Waals surface area contributed by atoms with Crippen molar-refractivity contribution in [3.8, 4) is 6.07 Å². The van der Waals surface area contributed by atoms with E-state index < -0.39 is 12.1 Å². The molecule has 21 heavy (non-hydrogen) atoms. The molecule has 0 aromatic carbocycles. The van der Waals surface area contributed by atoms with Gasteiger partial charge in [-0.25, -0.2) is 4.98 Å². The molecule has 0 amide bonds. The van der Waals surface area contributed by atoms with Crippen LogP contribution in [0.15, 0.2) is 0 Å². The standard InChI is InChI=1S/C14H15ClF3N3/c1-8-11(6-19)13(20-9(2)12(8)15)21-5-3-4-10(7-21)14(16,17)18/h10H,3-5,7H2,1-2H3. The number of pyridine rings is 1. The van der Waals surface area contributed by atoms with E-state index in [2.05, 4.69) is 4.98 Å². The Morgan fingerprint density at radius 1 is 1.38 bits per heavy atom. The molecule has 1 fully saturated rings. The van der Waals surface area contributed by atoms with E-state index in [1.807, 2.05) is 6.07 Å². The maximum absolute atomic E-state index is 12.9. The van der Waals surface area contributed by atoms with E-state index >= 15 is 0 Å². The fourth-order valence-electron chi connectivity index (χ4n) is 2.61. The zero-order chi connectivity index (χ0) is 15.8. The largest absolute Gasteiger partial charge is 0.393 e.